The molecule has 1 aliphatic carbocycles. The lowest BCUT2D eigenvalue weighted by molar-refractivity contribution is 0.775. The highest BCUT2D eigenvalue weighted by molar-refractivity contribution is 7.80. The normalized spacial score (nSPS) is 22.9. The number of thiocarbonyl (C=S) groups is 1. The van der Waals surface area contributed by atoms with Gasteiger partial charge in [-0.3, -0.25) is 0 Å². The van der Waals surface area contributed by atoms with Crippen molar-refractivity contribution in [2.45, 2.75) is 25.8 Å². The molecule has 4 heteroatoms. The molecule has 0 saturated heterocycles. The van der Waals surface area contributed by atoms with Crippen LogP contribution >= 0.6 is 23.8 Å². The van der Waals surface area contributed by atoms with Gasteiger partial charge in [-0.1, -0.05) is 37.2 Å². The molecule has 86 valence electrons. The second kappa shape index (κ2) is 4.60. The number of benzene rings is 1. The van der Waals surface area contributed by atoms with E-state index in [0.29, 0.717) is 16.1 Å². The summed E-state index contributed by atoms with van der Waals surface area (Å²) in [6, 6.07) is 6.25. The van der Waals surface area contributed by atoms with E-state index in [2.05, 4.69) is 12.2 Å². The number of nitrogens with one attached hydrogen (secondary N) is 1. The van der Waals surface area contributed by atoms with Gasteiger partial charge in [-0.2, -0.15) is 0 Å². The summed E-state index contributed by atoms with van der Waals surface area (Å²) in [4.78, 5) is 0.381. The van der Waals surface area contributed by atoms with Crippen LogP contribution in [0.3, 0.4) is 0 Å². The number of hydrogen-bond acceptors (Lipinski definition) is 2. The topological polar surface area (TPSA) is 38.0 Å². The van der Waals surface area contributed by atoms with Crippen molar-refractivity contribution in [3.63, 3.8) is 0 Å². The molecule has 1 fully saturated rings. The van der Waals surface area contributed by atoms with E-state index >= 15 is 0 Å². The van der Waals surface area contributed by atoms with Gasteiger partial charge in [0.1, 0.15) is 4.99 Å². The Labute approximate surface area is 106 Å². The summed E-state index contributed by atoms with van der Waals surface area (Å²) in [6.07, 6.45) is 2.46. The summed E-state index contributed by atoms with van der Waals surface area (Å²) in [6.45, 7) is 2.21. The molecule has 2 atom stereocenters. The predicted octanol–water partition coefficient (Wildman–Crippen LogP) is 3.18. The van der Waals surface area contributed by atoms with E-state index in [9.17, 15) is 0 Å². The molecule has 0 aromatic heterocycles. The maximum Gasteiger partial charge on any atom is 0.104 e. The van der Waals surface area contributed by atoms with Crippen LogP contribution < -0.4 is 11.1 Å². The van der Waals surface area contributed by atoms with Crippen molar-refractivity contribution in [2.75, 3.05) is 5.32 Å². The lowest BCUT2D eigenvalue weighted by atomic mass is 10.2. The Morgan fingerprint density at radius 3 is 2.88 bits per heavy atom. The zero-order chi connectivity index (χ0) is 11.7. The fourth-order valence-corrected chi connectivity index (χ4v) is 2.22. The Balaban J connectivity index is 2.08. The first kappa shape index (κ1) is 11.7. The lowest BCUT2D eigenvalue weighted by Crippen LogP contribution is -2.10. The third-order valence-electron chi connectivity index (χ3n) is 3.04. The Morgan fingerprint density at radius 1 is 1.62 bits per heavy atom. The molecule has 1 aliphatic rings. The fraction of sp³-hybridized carbons (Fsp3) is 0.417. The standard InChI is InChI=1S/C12H15ClN2S/c1-2-7-6-11(7)15-10-4-3-8(12(14)16)5-9(10)13/h3-5,7,11,15H,2,6H2,1H3,(H2,14,16). The van der Waals surface area contributed by atoms with Gasteiger partial charge >= 0.3 is 0 Å². The van der Waals surface area contributed by atoms with Crippen LogP contribution in [0.5, 0.6) is 0 Å². The quantitative estimate of drug-likeness (QED) is 0.811. The van der Waals surface area contributed by atoms with E-state index in [1.54, 1.807) is 0 Å². The summed E-state index contributed by atoms with van der Waals surface area (Å²) >= 11 is 11.1. The number of halogens is 1. The Bertz CT molecular complexity index is 419. The van der Waals surface area contributed by atoms with Crippen molar-refractivity contribution in [2.24, 2.45) is 11.7 Å². The van der Waals surface area contributed by atoms with Crippen molar-refractivity contribution in [1.29, 1.82) is 0 Å². The molecule has 2 rings (SSSR count). The zero-order valence-electron chi connectivity index (χ0n) is 9.16. The van der Waals surface area contributed by atoms with Crippen molar-refractivity contribution >= 4 is 34.5 Å². The molecule has 3 N–H and O–H groups in total. The van der Waals surface area contributed by atoms with Crippen molar-refractivity contribution < 1.29 is 0 Å². The van der Waals surface area contributed by atoms with Crippen LogP contribution in [0.1, 0.15) is 25.3 Å². The molecule has 0 aliphatic heterocycles. The summed E-state index contributed by atoms with van der Waals surface area (Å²) in [7, 11) is 0. The van der Waals surface area contributed by atoms with Crippen LogP contribution in [0.2, 0.25) is 5.02 Å². The molecule has 1 saturated carbocycles. The third kappa shape index (κ3) is 2.47. The largest absolute Gasteiger partial charge is 0.389 e. The zero-order valence-corrected chi connectivity index (χ0v) is 10.7. The molecule has 2 nitrogen and oxygen atoms in total. The monoisotopic (exact) mass is 254 g/mol. The first-order valence-electron chi connectivity index (χ1n) is 5.47. The Kier molecular flexibility index (Phi) is 3.36. The third-order valence-corrected chi connectivity index (χ3v) is 3.59. The SMILES string of the molecule is CCC1CC1Nc1ccc(C(N)=S)cc1Cl. The smallest absolute Gasteiger partial charge is 0.104 e. The lowest BCUT2D eigenvalue weighted by Gasteiger charge is -2.09. The van der Waals surface area contributed by atoms with Crippen LogP contribution in [0.15, 0.2) is 18.2 Å². The Hall–Kier alpha value is -0.800. The van der Waals surface area contributed by atoms with E-state index < -0.39 is 0 Å². The van der Waals surface area contributed by atoms with Crippen LogP contribution in [-0.2, 0) is 0 Å². The second-order valence-electron chi connectivity index (χ2n) is 4.21. The van der Waals surface area contributed by atoms with Crippen molar-refractivity contribution in [3.05, 3.63) is 28.8 Å². The molecule has 16 heavy (non-hydrogen) atoms. The minimum atomic E-state index is 0.381. The van der Waals surface area contributed by atoms with Gasteiger partial charge in [-0.05, 0) is 30.5 Å². The fourth-order valence-electron chi connectivity index (χ4n) is 1.86. The minimum absolute atomic E-state index is 0.381. The molecule has 0 spiro atoms. The van der Waals surface area contributed by atoms with Gasteiger partial charge in [-0.15, -0.1) is 0 Å². The molecule has 1 aromatic carbocycles. The molecule has 0 bridgehead atoms. The molecule has 1 aromatic rings. The van der Waals surface area contributed by atoms with Gasteiger partial charge in [0.2, 0.25) is 0 Å². The summed E-state index contributed by atoms with van der Waals surface area (Å²) in [5.41, 5.74) is 7.33. The maximum atomic E-state index is 6.16. The highest BCUT2D eigenvalue weighted by Crippen LogP contribution is 2.37. The molecular formula is C12H15ClN2S. The number of nitrogens with two attached hydrogens (primary N) is 1. The van der Waals surface area contributed by atoms with Gasteiger partial charge in [0.05, 0.1) is 10.7 Å². The van der Waals surface area contributed by atoms with Crippen molar-refractivity contribution in [3.8, 4) is 0 Å². The average Bonchev–Trinajstić information content (AvgIpc) is 2.99. The molecule has 0 radical (unpaired) electrons. The minimum Gasteiger partial charge on any atom is -0.389 e. The van der Waals surface area contributed by atoms with Gasteiger partial charge in [-0.25, -0.2) is 0 Å². The van der Waals surface area contributed by atoms with E-state index in [1.807, 2.05) is 18.2 Å². The highest BCUT2D eigenvalue weighted by atomic mass is 35.5. The van der Waals surface area contributed by atoms with Crippen LogP contribution in [0, 0.1) is 5.92 Å². The van der Waals surface area contributed by atoms with Gasteiger partial charge < -0.3 is 11.1 Å². The molecule has 0 heterocycles. The number of rotatable bonds is 4. The molecule has 0 amide bonds. The summed E-state index contributed by atoms with van der Waals surface area (Å²) in [5.74, 6) is 0.798. The van der Waals surface area contributed by atoms with Gasteiger partial charge in [0.15, 0.2) is 0 Å². The number of hydrogen-bond donors (Lipinski definition) is 2. The van der Waals surface area contributed by atoms with Crippen LogP contribution in [0.25, 0.3) is 0 Å². The summed E-state index contributed by atoms with van der Waals surface area (Å²) in [5, 5.41) is 4.12. The summed E-state index contributed by atoms with van der Waals surface area (Å²) < 4.78 is 0. The van der Waals surface area contributed by atoms with E-state index in [-0.39, 0.29) is 0 Å². The molecule has 2 unspecified atom stereocenters. The van der Waals surface area contributed by atoms with Crippen LogP contribution in [0.4, 0.5) is 5.69 Å². The predicted molar refractivity (Wildman–Crippen MR) is 73.1 cm³/mol. The van der Waals surface area contributed by atoms with Gasteiger partial charge in [0.25, 0.3) is 0 Å². The van der Waals surface area contributed by atoms with E-state index in [1.165, 1.54) is 12.8 Å². The highest BCUT2D eigenvalue weighted by Gasteiger charge is 2.35. The van der Waals surface area contributed by atoms with E-state index in [4.69, 9.17) is 29.6 Å². The van der Waals surface area contributed by atoms with Crippen LogP contribution in [-0.4, -0.2) is 11.0 Å². The Morgan fingerprint density at radius 2 is 2.38 bits per heavy atom. The first-order chi connectivity index (χ1) is 7.61. The second-order valence-corrected chi connectivity index (χ2v) is 5.06. The van der Waals surface area contributed by atoms with E-state index in [0.717, 1.165) is 17.2 Å². The van der Waals surface area contributed by atoms with Gasteiger partial charge in [0, 0.05) is 11.6 Å². The average molecular weight is 255 g/mol. The number of anilines is 1. The maximum absolute atomic E-state index is 6.16. The molecular weight excluding hydrogens is 240 g/mol. The van der Waals surface area contributed by atoms with Crippen molar-refractivity contribution in [1.82, 2.24) is 0 Å². The first-order valence-corrected chi connectivity index (χ1v) is 6.26.